The van der Waals surface area contributed by atoms with Crippen molar-refractivity contribution in [2.75, 3.05) is 13.6 Å². The lowest BCUT2D eigenvalue weighted by Crippen LogP contribution is -2.36. The van der Waals surface area contributed by atoms with E-state index in [1.165, 1.54) is 44.2 Å². The normalized spacial score (nSPS) is 19.4. The lowest BCUT2D eigenvalue weighted by molar-refractivity contribution is 0.0781. The number of sulfonamides is 1. The number of amides is 2. The Kier molecular flexibility index (Phi) is 5.60. The van der Waals surface area contributed by atoms with Gasteiger partial charge in [-0.3, -0.25) is 9.59 Å². The van der Waals surface area contributed by atoms with Crippen LogP contribution >= 0.6 is 0 Å². The zero-order valence-electron chi connectivity index (χ0n) is 16.3. The van der Waals surface area contributed by atoms with Crippen molar-refractivity contribution in [3.05, 3.63) is 29.3 Å². The van der Waals surface area contributed by atoms with Crippen LogP contribution < -0.4 is 0 Å². The van der Waals surface area contributed by atoms with Crippen molar-refractivity contribution in [3.8, 4) is 0 Å². The molecule has 1 fully saturated rings. The van der Waals surface area contributed by atoms with Crippen molar-refractivity contribution in [1.29, 1.82) is 0 Å². The number of rotatable bonds is 5. The van der Waals surface area contributed by atoms with E-state index in [4.69, 9.17) is 0 Å². The molecule has 3 rings (SSSR count). The van der Waals surface area contributed by atoms with Crippen LogP contribution in [0.5, 0.6) is 0 Å². The molecule has 0 spiro atoms. The van der Waals surface area contributed by atoms with Gasteiger partial charge < -0.3 is 4.90 Å². The molecule has 6 nitrogen and oxygen atoms in total. The summed E-state index contributed by atoms with van der Waals surface area (Å²) in [6.45, 7) is 3.98. The van der Waals surface area contributed by atoms with Crippen molar-refractivity contribution in [1.82, 2.24) is 9.21 Å². The van der Waals surface area contributed by atoms with E-state index in [0.717, 1.165) is 10.7 Å². The van der Waals surface area contributed by atoms with Crippen molar-refractivity contribution < 1.29 is 18.0 Å². The van der Waals surface area contributed by atoms with Crippen LogP contribution in [0.4, 0.5) is 0 Å². The number of benzene rings is 1. The SMILES string of the molecule is CC(C)N1C(=O)c2ccc(C(=O)N(C)CCC3CCCCC3)cc2S1(=O)=O. The van der Waals surface area contributed by atoms with Crippen LogP contribution in [0.1, 0.15) is 73.1 Å². The maximum atomic E-state index is 12.8. The van der Waals surface area contributed by atoms with E-state index in [0.29, 0.717) is 18.0 Å². The average molecular weight is 393 g/mol. The molecule has 0 unspecified atom stereocenters. The molecule has 0 saturated heterocycles. The highest BCUT2D eigenvalue weighted by molar-refractivity contribution is 7.90. The monoisotopic (exact) mass is 392 g/mol. The molecule has 148 valence electrons. The van der Waals surface area contributed by atoms with Gasteiger partial charge in [0.1, 0.15) is 4.90 Å². The standard InChI is InChI=1S/C20H28N2O4S/c1-14(2)22-20(24)17-10-9-16(13-18(17)27(22,25)26)19(23)21(3)12-11-15-7-5-4-6-8-15/h9-10,13-15H,4-8,11-12H2,1-3H3. The van der Waals surface area contributed by atoms with Gasteiger partial charge in [-0.15, -0.1) is 0 Å². The summed E-state index contributed by atoms with van der Waals surface area (Å²) in [4.78, 5) is 26.7. The molecular formula is C20H28N2O4S. The third kappa shape index (κ3) is 3.74. The predicted molar refractivity (Wildman–Crippen MR) is 103 cm³/mol. The van der Waals surface area contributed by atoms with Crippen LogP contribution in [0.3, 0.4) is 0 Å². The van der Waals surface area contributed by atoms with Gasteiger partial charge in [-0.1, -0.05) is 32.1 Å². The van der Waals surface area contributed by atoms with Crippen LogP contribution in [-0.4, -0.2) is 49.1 Å². The molecule has 1 aliphatic carbocycles. The maximum absolute atomic E-state index is 12.8. The summed E-state index contributed by atoms with van der Waals surface area (Å²) in [7, 11) is -2.14. The predicted octanol–water partition coefficient (Wildman–Crippen LogP) is 3.28. The highest BCUT2D eigenvalue weighted by atomic mass is 32.2. The first-order chi connectivity index (χ1) is 12.7. The number of carbonyl (C=O) groups is 2. The number of nitrogens with zero attached hydrogens (tertiary/aromatic N) is 2. The van der Waals surface area contributed by atoms with E-state index in [1.54, 1.807) is 31.9 Å². The van der Waals surface area contributed by atoms with Crippen molar-refractivity contribution >= 4 is 21.8 Å². The Morgan fingerprint density at radius 1 is 1.22 bits per heavy atom. The highest BCUT2D eigenvalue weighted by Crippen LogP contribution is 2.33. The highest BCUT2D eigenvalue weighted by Gasteiger charge is 2.43. The summed E-state index contributed by atoms with van der Waals surface area (Å²) >= 11 is 0. The second kappa shape index (κ2) is 7.62. The molecule has 1 aliphatic heterocycles. The van der Waals surface area contributed by atoms with Crippen LogP contribution in [0.2, 0.25) is 0 Å². The van der Waals surface area contributed by atoms with Crippen LogP contribution in [0.15, 0.2) is 23.1 Å². The molecule has 2 aliphatic rings. The van der Waals surface area contributed by atoms with Crippen molar-refractivity contribution in [2.45, 2.75) is 63.3 Å². The van der Waals surface area contributed by atoms with Gasteiger partial charge >= 0.3 is 0 Å². The maximum Gasteiger partial charge on any atom is 0.269 e. The van der Waals surface area contributed by atoms with Gasteiger partial charge in [-0.25, -0.2) is 12.7 Å². The van der Waals surface area contributed by atoms with Crippen LogP contribution in [-0.2, 0) is 10.0 Å². The van der Waals surface area contributed by atoms with Gasteiger partial charge in [0.2, 0.25) is 0 Å². The fourth-order valence-corrected chi connectivity index (χ4v) is 5.86. The molecular weight excluding hydrogens is 364 g/mol. The topological polar surface area (TPSA) is 74.8 Å². The van der Waals surface area contributed by atoms with Gasteiger partial charge in [-0.05, 0) is 44.4 Å². The fraction of sp³-hybridized carbons (Fsp3) is 0.600. The molecule has 0 atom stereocenters. The van der Waals surface area contributed by atoms with Gasteiger partial charge in [0.05, 0.1) is 5.56 Å². The Balaban J connectivity index is 1.76. The minimum Gasteiger partial charge on any atom is -0.342 e. The van der Waals surface area contributed by atoms with Crippen LogP contribution in [0, 0.1) is 5.92 Å². The third-order valence-electron chi connectivity index (χ3n) is 5.61. The molecule has 0 radical (unpaired) electrons. The second-order valence-corrected chi connectivity index (χ2v) is 9.71. The van der Waals surface area contributed by atoms with Gasteiger partial charge in [0.15, 0.2) is 0 Å². The summed E-state index contributed by atoms with van der Waals surface area (Å²) in [6, 6.07) is 3.90. The lowest BCUT2D eigenvalue weighted by Gasteiger charge is -2.24. The van der Waals surface area contributed by atoms with E-state index in [9.17, 15) is 18.0 Å². The summed E-state index contributed by atoms with van der Waals surface area (Å²) in [6.07, 6.45) is 7.28. The third-order valence-corrected chi connectivity index (χ3v) is 7.61. The van der Waals surface area contributed by atoms with E-state index < -0.39 is 22.0 Å². The molecule has 0 N–H and O–H groups in total. The first kappa shape index (κ1) is 19.9. The quantitative estimate of drug-likeness (QED) is 0.771. The molecule has 1 saturated carbocycles. The van der Waals surface area contributed by atoms with Gasteiger partial charge in [0.25, 0.3) is 21.8 Å². The largest absolute Gasteiger partial charge is 0.342 e. The summed E-state index contributed by atoms with van der Waals surface area (Å²) in [5.41, 5.74) is 0.451. The van der Waals surface area contributed by atoms with Gasteiger partial charge in [0, 0.05) is 25.2 Å². The van der Waals surface area contributed by atoms with E-state index in [-0.39, 0.29) is 16.4 Å². The van der Waals surface area contributed by atoms with E-state index in [1.807, 2.05) is 0 Å². The average Bonchev–Trinajstić information content (AvgIpc) is 2.85. The number of hydrogen-bond donors (Lipinski definition) is 0. The Bertz CT molecular complexity index is 842. The van der Waals surface area contributed by atoms with Crippen LogP contribution in [0.25, 0.3) is 0 Å². The Morgan fingerprint density at radius 2 is 1.89 bits per heavy atom. The molecule has 1 aromatic rings. The number of hydrogen-bond acceptors (Lipinski definition) is 4. The lowest BCUT2D eigenvalue weighted by atomic mass is 9.87. The molecule has 1 heterocycles. The first-order valence-corrected chi connectivity index (χ1v) is 11.2. The van der Waals surface area contributed by atoms with E-state index >= 15 is 0 Å². The molecule has 27 heavy (non-hydrogen) atoms. The zero-order valence-corrected chi connectivity index (χ0v) is 17.1. The summed E-state index contributed by atoms with van der Waals surface area (Å²) < 4.78 is 26.3. The molecule has 0 aromatic heterocycles. The van der Waals surface area contributed by atoms with Crippen molar-refractivity contribution in [3.63, 3.8) is 0 Å². The Hall–Kier alpha value is -1.89. The smallest absolute Gasteiger partial charge is 0.269 e. The Labute approximate surface area is 161 Å². The summed E-state index contributed by atoms with van der Waals surface area (Å²) in [5, 5.41) is 0. The molecule has 1 aromatic carbocycles. The number of carbonyl (C=O) groups excluding carboxylic acids is 2. The summed E-state index contributed by atoms with van der Waals surface area (Å²) in [5.74, 6) is -0.0597. The minimum absolute atomic E-state index is 0.0623. The van der Waals surface area contributed by atoms with Crippen molar-refractivity contribution in [2.24, 2.45) is 5.92 Å². The first-order valence-electron chi connectivity index (χ1n) is 9.71. The molecule has 2 amide bonds. The van der Waals surface area contributed by atoms with E-state index in [2.05, 4.69) is 0 Å². The second-order valence-electron chi connectivity index (χ2n) is 7.93. The molecule has 7 heteroatoms. The fourth-order valence-electron chi connectivity index (χ4n) is 4.07. The zero-order chi connectivity index (χ0) is 19.8. The Morgan fingerprint density at radius 3 is 2.52 bits per heavy atom. The molecule has 0 bridgehead atoms. The minimum atomic E-state index is -3.89. The van der Waals surface area contributed by atoms with Gasteiger partial charge in [-0.2, -0.15) is 0 Å². The number of fused-ring (bicyclic) bond motifs is 1.